The van der Waals surface area contributed by atoms with Crippen molar-refractivity contribution >= 4 is 50.4 Å². The summed E-state index contributed by atoms with van der Waals surface area (Å²) in [5.41, 5.74) is 2.50. The Morgan fingerprint density at radius 2 is 2.08 bits per heavy atom. The Hall–Kier alpha value is -1.90. The van der Waals surface area contributed by atoms with E-state index in [0.29, 0.717) is 21.1 Å². The lowest BCUT2D eigenvalue weighted by atomic mass is 10.2. The highest BCUT2D eigenvalue weighted by Crippen LogP contribution is 2.31. The summed E-state index contributed by atoms with van der Waals surface area (Å²) in [6.07, 6.45) is 3.43. The van der Waals surface area contributed by atoms with Gasteiger partial charge >= 0.3 is 0 Å². The average Bonchev–Trinajstić information content (AvgIpc) is 3.04. The molecule has 24 heavy (non-hydrogen) atoms. The van der Waals surface area contributed by atoms with E-state index < -0.39 is 0 Å². The molecule has 2 aromatic heterocycles. The van der Waals surface area contributed by atoms with Crippen molar-refractivity contribution in [1.29, 1.82) is 0 Å². The zero-order chi connectivity index (χ0) is 16.5. The van der Waals surface area contributed by atoms with Crippen molar-refractivity contribution in [2.75, 3.05) is 36.5 Å². The second kappa shape index (κ2) is 6.54. The lowest BCUT2D eigenvalue weighted by Gasteiger charge is -2.29. The van der Waals surface area contributed by atoms with Crippen LogP contribution < -0.4 is 10.2 Å². The fraction of sp³-hybridized carbons (Fsp3) is 0.267. The Kier molecular flexibility index (Phi) is 4.26. The van der Waals surface area contributed by atoms with Crippen molar-refractivity contribution in [3.05, 3.63) is 40.3 Å². The number of fused-ring (bicyclic) bond motifs is 1. The van der Waals surface area contributed by atoms with E-state index in [0.717, 1.165) is 37.7 Å². The summed E-state index contributed by atoms with van der Waals surface area (Å²) in [7, 11) is 0. The van der Waals surface area contributed by atoms with Crippen LogP contribution in [0.3, 0.4) is 0 Å². The standard InChI is InChI=1S/C15H14BrClN6O/c16-13-8-23-9-18-21-15(23)14(20-13)19-10-1-2-12(11(17)7-10)22-3-5-24-6-4-22/h1-2,7-9H,3-6H2,(H,19,20). The number of hydrogen-bond acceptors (Lipinski definition) is 6. The molecule has 1 saturated heterocycles. The molecule has 124 valence electrons. The molecule has 0 saturated carbocycles. The van der Waals surface area contributed by atoms with Crippen molar-refractivity contribution in [2.24, 2.45) is 0 Å². The van der Waals surface area contributed by atoms with Crippen LogP contribution in [0.1, 0.15) is 0 Å². The average molecular weight is 410 g/mol. The summed E-state index contributed by atoms with van der Waals surface area (Å²) in [6.45, 7) is 3.15. The summed E-state index contributed by atoms with van der Waals surface area (Å²) in [5.74, 6) is 0.608. The Bertz CT molecular complexity index is 880. The van der Waals surface area contributed by atoms with Gasteiger partial charge in [-0.25, -0.2) is 4.98 Å². The third-order valence-corrected chi connectivity index (χ3v) is 4.50. The second-order valence-electron chi connectivity index (χ2n) is 5.36. The van der Waals surface area contributed by atoms with Crippen LogP contribution in [0.25, 0.3) is 5.65 Å². The van der Waals surface area contributed by atoms with Crippen molar-refractivity contribution in [3.8, 4) is 0 Å². The van der Waals surface area contributed by atoms with Gasteiger partial charge in [-0.1, -0.05) is 11.6 Å². The first kappa shape index (κ1) is 15.6. The normalized spacial score (nSPS) is 15.0. The van der Waals surface area contributed by atoms with Gasteiger partial charge in [0, 0.05) is 25.0 Å². The van der Waals surface area contributed by atoms with Crippen molar-refractivity contribution in [3.63, 3.8) is 0 Å². The molecule has 1 aromatic carbocycles. The zero-order valence-corrected chi connectivity index (χ0v) is 15.0. The van der Waals surface area contributed by atoms with E-state index in [1.807, 2.05) is 18.2 Å². The lowest BCUT2D eigenvalue weighted by molar-refractivity contribution is 0.122. The van der Waals surface area contributed by atoms with Crippen molar-refractivity contribution < 1.29 is 4.74 Å². The fourth-order valence-electron chi connectivity index (χ4n) is 2.67. The molecule has 1 N–H and O–H groups in total. The molecule has 1 aliphatic heterocycles. The quantitative estimate of drug-likeness (QED) is 0.717. The van der Waals surface area contributed by atoms with E-state index in [1.165, 1.54) is 0 Å². The van der Waals surface area contributed by atoms with Crippen LogP contribution in [-0.2, 0) is 4.74 Å². The first-order chi connectivity index (χ1) is 11.7. The highest BCUT2D eigenvalue weighted by atomic mass is 79.9. The SMILES string of the molecule is Clc1cc(Nc2nc(Br)cn3cnnc23)ccc1N1CCOCC1. The molecule has 1 fully saturated rings. The van der Waals surface area contributed by atoms with Gasteiger partial charge in [0.05, 0.1) is 23.9 Å². The number of rotatable bonds is 3. The molecule has 9 heteroatoms. The first-order valence-corrected chi connectivity index (χ1v) is 8.63. The summed E-state index contributed by atoms with van der Waals surface area (Å²) in [5, 5.41) is 11.9. The molecule has 0 spiro atoms. The minimum Gasteiger partial charge on any atom is -0.378 e. The monoisotopic (exact) mass is 408 g/mol. The van der Waals surface area contributed by atoms with Crippen LogP contribution in [0.5, 0.6) is 0 Å². The fourth-order valence-corrected chi connectivity index (χ4v) is 3.37. The molecule has 3 aromatic rings. The summed E-state index contributed by atoms with van der Waals surface area (Å²) < 4.78 is 7.87. The summed E-state index contributed by atoms with van der Waals surface area (Å²) in [6, 6.07) is 5.88. The molecule has 4 rings (SSSR count). The zero-order valence-electron chi connectivity index (χ0n) is 12.6. The van der Waals surface area contributed by atoms with E-state index in [1.54, 1.807) is 16.9 Å². The largest absolute Gasteiger partial charge is 0.378 e. The van der Waals surface area contributed by atoms with Crippen molar-refractivity contribution in [2.45, 2.75) is 0 Å². The van der Waals surface area contributed by atoms with Gasteiger partial charge in [-0.05, 0) is 34.1 Å². The van der Waals surface area contributed by atoms with Crippen LogP contribution in [0, 0.1) is 0 Å². The number of ether oxygens (including phenoxy) is 1. The number of benzene rings is 1. The maximum atomic E-state index is 6.47. The Morgan fingerprint density at radius 3 is 2.88 bits per heavy atom. The third-order valence-electron chi connectivity index (χ3n) is 3.81. The number of halogens is 2. The van der Waals surface area contributed by atoms with Crippen LogP contribution in [0.4, 0.5) is 17.2 Å². The number of hydrogen-bond donors (Lipinski definition) is 1. The minimum absolute atomic E-state index is 0.608. The van der Waals surface area contributed by atoms with Gasteiger partial charge in [0.1, 0.15) is 10.9 Å². The molecule has 0 radical (unpaired) electrons. The molecule has 1 aliphatic rings. The summed E-state index contributed by atoms with van der Waals surface area (Å²) >= 11 is 9.86. The van der Waals surface area contributed by atoms with Gasteiger partial charge in [0.15, 0.2) is 5.82 Å². The smallest absolute Gasteiger partial charge is 0.203 e. The number of aromatic nitrogens is 4. The lowest BCUT2D eigenvalue weighted by Crippen LogP contribution is -2.36. The van der Waals surface area contributed by atoms with E-state index in [4.69, 9.17) is 16.3 Å². The Morgan fingerprint density at radius 1 is 1.25 bits per heavy atom. The van der Waals surface area contributed by atoms with Gasteiger partial charge in [0.25, 0.3) is 0 Å². The number of anilines is 3. The van der Waals surface area contributed by atoms with Gasteiger partial charge in [-0.15, -0.1) is 10.2 Å². The van der Waals surface area contributed by atoms with E-state index >= 15 is 0 Å². The molecule has 3 heterocycles. The predicted molar refractivity (Wildman–Crippen MR) is 96.2 cm³/mol. The van der Waals surface area contributed by atoms with Crippen LogP contribution in [-0.4, -0.2) is 45.9 Å². The number of morpholine rings is 1. The van der Waals surface area contributed by atoms with E-state index in [2.05, 4.69) is 41.3 Å². The molecule has 7 nitrogen and oxygen atoms in total. The second-order valence-corrected chi connectivity index (χ2v) is 6.58. The van der Waals surface area contributed by atoms with Crippen LogP contribution in [0.15, 0.2) is 35.3 Å². The van der Waals surface area contributed by atoms with Crippen LogP contribution in [0.2, 0.25) is 5.02 Å². The molecule has 0 bridgehead atoms. The van der Waals surface area contributed by atoms with E-state index in [9.17, 15) is 0 Å². The number of nitrogens with one attached hydrogen (secondary N) is 1. The molecular formula is C15H14BrClN6O. The van der Waals surface area contributed by atoms with Gasteiger partial charge in [-0.3, -0.25) is 4.40 Å². The minimum atomic E-state index is 0.608. The third kappa shape index (κ3) is 3.04. The summed E-state index contributed by atoms with van der Waals surface area (Å²) in [4.78, 5) is 6.65. The molecule has 0 aliphatic carbocycles. The maximum Gasteiger partial charge on any atom is 0.203 e. The Labute approximate surface area is 151 Å². The number of nitrogens with zero attached hydrogens (tertiary/aromatic N) is 5. The van der Waals surface area contributed by atoms with Gasteiger partial charge in [0.2, 0.25) is 5.65 Å². The highest BCUT2D eigenvalue weighted by Gasteiger charge is 2.15. The maximum absolute atomic E-state index is 6.47. The molecule has 0 atom stereocenters. The Balaban J connectivity index is 1.62. The highest BCUT2D eigenvalue weighted by molar-refractivity contribution is 9.10. The van der Waals surface area contributed by atoms with Crippen molar-refractivity contribution in [1.82, 2.24) is 19.6 Å². The van der Waals surface area contributed by atoms with Gasteiger partial charge < -0.3 is 15.0 Å². The van der Waals surface area contributed by atoms with Crippen LogP contribution >= 0.6 is 27.5 Å². The van der Waals surface area contributed by atoms with E-state index in [-0.39, 0.29) is 0 Å². The first-order valence-electron chi connectivity index (χ1n) is 7.46. The molecule has 0 unspecified atom stereocenters. The van der Waals surface area contributed by atoms with Gasteiger partial charge in [-0.2, -0.15) is 0 Å². The molecule has 0 amide bonds. The topological polar surface area (TPSA) is 67.6 Å². The predicted octanol–water partition coefficient (Wildman–Crippen LogP) is 3.12. The molecular weight excluding hydrogens is 396 g/mol.